The van der Waals surface area contributed by atoms with Crippen LogP contribution in [0.2, 0.25) is 0 Å². The quantitative estimate of drug-likeness (QED) is 0.253. The molecule has 0 unspecified atom stereocenters. The molecule has 5 heteroatoms. The number of likely N-dealkylation sites (tertiary alicyclic amines) is 1. The van der Waals surface area contributed by atoms with Gasteiger partial charge in [0.1, 0.15) is 5.60 Å². The highest BCUT2D eigenvalue weighted by molar-refractivity contribution is 5.37. The second-order valence-corrected chi connectivity index (χ2v) is 13.2. The second kappa shape index (κ2) is 8.97. The normalized spacial score (nSPS) is 45.5. The van der Waals surface area contributed by atoms with Crippen molar-refractivity contribution in [3.63, 3.8) is 0 Å². The fraction of sp³-hybridized carbons (Fsp3) is 0.806. The van der Waals surface area contributed by atoms with Crippen LogP contribution in [0.15, 0.2) is 34.7 Å². The molecule has 0 aromatic carbocycles. The lowest BCUT2D eigenvalue weighted by atomic mass is 9.46. The molecule has 1 spiro atoms. The summed E-state index contributed by atoms with van der Waals surface area (Å²) in [6, 6.07) is 2.19. The van der Waals surface area contributed by atoms with Gasteiger partial charge in [0.25, 0.3) is 0 Å². The van der Waals surface area contributed by atoms with Gasteiger partial charge in [0.05, 0.1) is 44.6 Å². The second-order valence-electron chi connectivity index (χ2n) is 13.2. The molecule has 3 saturated carbocycles. The Bertz CT molecular complexity index is 969. The molecule has 2 saturated heterocycles. The van der Waals surface area contributed by atoms with Crippen molar-refractivity contribution in [2.75, 3.05) is 39.5 Å². The SMILES string of the molecule is C[C@]12CC[C@H](OCCOCCN3CCCC3)CC1=CC[C@@H]1[C@@H]2CC[C@]2(C)[C@@H](c3ccoc3)C[C@H]3O[C@]132. The van der Waals surface area contributed by atoms with Gasteiger partial charge in [0.2, 0.25) is 0 Å². The van der Waals surface area contributed by atoms with Crippen molar-refractivity contribution < 1.29 is 18.6 Å². The van der Waals surface area contributed by atoms with Gasteiger partial charge in [-0.15, -0.1) is 0 Å². The molecule has 0 amide bonds. The lowest BCUT2D eigenvalue weighted by molar-refractivity contribution is -0.0826. The molecule has 6 aliphatic rings. The zero-order chi connectivity index (χ0) is 24.4. The maximum Gasteiger partial charge on any atom is 0.104 e. The third kappa shape index (κ3) is 3.56. The highest BCUT2D eigenvalue weighted by Crippen LogP contribution is 2.77. The number of ether oxygens (including phenoxy) is 3. The molecule has 0 bridgehead atoms. The van der Waals surface area contributed by atoms with Crippen LogP contribution < -0.4 is 0 Å². The van der Waals surface area contributed by atoms with E-state index < -0.39 is 0 Å². The monoisotopic (exact) mass is 495 g/mol. The van der Waals surface area contributed by atoms with Crippen LogP contribution in [0.4, 0.5) is 0 Å². The van der Waals surface area contributed by atoms with Gasteiger partial charge < -0.3 is 23.5 Å². The average Bonchev–Trinajstić information content (AvgIpc) is 3.29. The van der Waals surface area contributed by atoms with Gasteiger partial charge in [-0.3, -0.25) is 0 Å². The van der Waals surface area contributed by atoms with Crippen LogP contribution in [-0.2, 0) is 14.2 Å². The summed E-state index contributed by atoms with van der Waals surface area (Å²) in [6.45, 7) is 11.0. The first kappa shape index (κ1) is 23.9. The predicted octanol–water partition coefficient (Wildman–Crippen LogP) is 5.95. The summed E-state index contributed by atoms with van der Waals surface area (Å²) in [7, 11) is 0. The van der Waals surface area contributed by atoms with Gasteiger partial charge in [0, 0.05) is 12.0 Å². The van der Waals surface area contributed by atoms with E-state index in [9.17, 15) is 0 Å². The fourth-order valence-electron chi connectivity index (χ4n) is 9.76. The van der Waals surface area contributed by atoms with Crippen molar-refractivity contribution in [3.8, 4) is 0 Å². The first-order valence-electron chi connectivity index (χ1n) is 14.9. The molecule has 5 fully saturated rings. The number of furan rings is 1. The van der Waals surface area contributed by atoms with Crippen LogP contribution in [0, 0.1) is 22.7 Å². The number of epoxide rings is 1. The Labute approximate surface area is 216 Å². The van der Waals surface area contributed by atoms with E-state index in [2.05, 4.69) is 30.9 Å². The van der Waals surface area contributed by atoms with Crippen molar-refractivity contribution in [1.82, 2.24) is 4.90 Å². The molecule has 7 rings (SSSR count). The molecule has 1 aromatic rings. The van der Waals surface area contributed by atoms with Crippen LogP contribution in [0.1, 0.15) is 83.1 Å². The maximum atomic E-state index is 6.71. The lowest BCUT2D eigenvalue weighted by Crippen LogP contribution is -2.55. The molecule has 1 aromatic heterocycles. The Morgan fingerprint density at radius 3 is 2.78 bits per heavy atom. The molecule has 198 valence electrons. The number of nitrogens with zero attached hydrogens (tertiary/aromatic N) is 1. The summed E-state index contributed by atoms with van der Waals surface area (Å²) >= 11 is 0. The molecular formula is C31H45NO4. The third-order valence-electron chi connectivity index (χ3n) is 11.8. The van der Waals surface area contributed by atoms with Crippen molar-refractivity contribution in [2.24, 2.45) is 22.7 Å². The number of fused-ring (bicyclic) bond motifs is 3. The van der Waals surface area contributed by atoms with Crippen molar-refractivity contribution >= 4 is 0 Å². The fourth-order valence-corrected chi connectivity index (χ4v) is 9.76. The third-order valence-corrected chi connectivity index (χ3v) is 11.8. The highest BCUT2D eigenvalue weighted by atomic mass is 16.6. The molecule has 2 aliphatic heterocycles. The first-order valence-corrected chi connectivity index (χ1v) is 14.9. The Morgan fingerprint density at radius 1 is 1.06 bits per heavy atom. The van der Waals surface area contributed by atoms with E-state index in [1.807, 2.05) is 12.5 Å². The molecule has 36 heavy (non-hydrogen) atoms. The molecule has 0 N–H and O–H groups in total. The smallest absolute Gasteiger partial charge is 0.104 e. The molecule has 3 heterocycles. The average molecular weight is 496 g/mol. The van der Waals surface area contributed by atoms with Crippen molar-refractivity contribution in [1.29, 1.82) is 0 Å². The van der Waals surface area contributed by atoms with Crippen LogP contribution in [0.25, 0.3) is 0 Å². The zero-order valence-corrected chi connectivity index (χ0v) is 22.4. The Kier molecular flexibility index (Phi) is 5.96. The van der Waals surface area contributed by atoms with Crippen molar-refractivity contribution in [3.05, 3.63) is 35.8 Å². The zero-order valence-electron chi connectivity index (χ0n) is 22.4. The minimum Gasteiger partial charge on any atom is -0.472 e. The van der Waals surface area contributed by atoms with E-state index in [1.54, 1.807) is 5.57 Å². The Hall–Kier alpha value is -1.14. The van der Waals surface area contributed by atoms with Gasteiger partial charge in [-0.2, -0.15) is 0 Å². The van der Waals surface area contributed by atoms with E-state index >= 15 is 0 Å². The van der Waals surface area contributed by atoms with Crippen LogP contribution in [0.5, 0.6) is 0 Å². The molecule has 4 aliphatic carbocycles. The summed E-state index contributed by atoms with van der Waals surface area (Å²) in [5.41, 5.74) is 3.70. The van der Waals surface area contributed by atoms with Crippen LogP contribution >= 0.6 is 0 Å². The first-order chi connectivity index (χ1) is 17.5. The van der Waals surface area contributed by atoms with Gasteiger partial charge in [-0.25, -0.2) is 0 Å². The standard InChI is InChI=1S/C31H45NO4/c1-29-10-7-24(35-18-17-33-16-14-32-12-3-4-13-32)19-23(29)5-6-26-25(29)8-11-30(2)27(22-9-15-34-21-22)20-28-31(26,30)36-28/h5,9,15,21,24-28H,3-4,6-8,10-14,16-20H2,1-2H3/t24-,25-,26+,27+,28+,29-,30+,31+/m0/s1. The minimum atomic E-state index is 0.0860. The van der Waals surface area contributed by atoms with Gasteiger partial charge in [-0.05, 0) is 106 Å². The summed E-state index contributed by atoms with van der Waals surface area (Å²) < 4.78 is 24.4. The summed E-state index contributed by atoms with van der Waals surface area (Å²) in [5.74, 6) is 1.98. The topological polar surface area (TPSA) is 47.4 Å². The Balaban J connectivity index is 0.972. The van der Waals surface area contributed by atoms with Crippen LogP contribution in [0.3, 0.4) is 0 Å². The van der Waals surface area contributed by atoms with Crippen molar-refractivity contribution in [2.45, 2.75) is 95.4 Å². The van der Waals surface area contributed by atoms with Gasteiger partial charge in [-0.1, -0.05) is 25.5 Å². The van der Waals surface area contributed by atoms with E-state index in [0.29, 0.717) is 29.5 Å². The number of rotatable bonds is 8. The molecule has 5 nitrogen and oxygen atoms in total. The molecule has 8 atom stereocenters. The van der Waals surface area contributed by atoms with E-state index in [1.165, 1.54) is 70.0 Å². The summed E-state index contributed by atoms with van der Waals surface area (Å²) in [6.07, 6.45) is 18.5. The number of hydrogen-bond donors (Lipinski definition) is 0. The van der Waals surface area contributed by atoms with E-state index in [-0.39, 0.29) is 11.0 Å². The number of allylic oxidation sites excluding steroid dienone is 1. The summed E-state index contributed by atoms with van der Waals surface area (Å²) in [5, 5.41) is 0. The van der Waals surface area contributed by atoms with Gasteiger partial charge >= 0.3 is 0 Å². The maximum absolute atomic E-state index is 6.71. The van der Waals surface area contributed by atoms with Crippen LogP contribution in [-0.4, -0.2) is 62.2 Å². The highest BCUT2D eigenvalue weighted by Gasteiger charge is 2.80. The van der Waals surface area contributed by atoms with Gasteiger partial charge in [0.15, 0.2) is 0 Å². The van der Waals surface area contributed by atoms with E-state index in [0.717, 1.165) is 38.7 Å². The largest absolute Gasteiger partial charge is 0.472 e. The predicted molar refractivity (Wildman–Crippen MR) is 139 cm³/mol. The number of hydrogen-bond acceptors (Lipinski definition) is 5. The molecular weight excluding hydrogens is 450 g/mol. The Morgan fingerprint density at radius 2 is 1.94 bits per heavy atom. The van der Waals surface area contributed by atoms with E-state index in [4.69, 9.17) is 18.6 Å². The molecule has 0 radical (unpaired) electrons. The minimum absolute atomic E-state index is 0.0860. The summed E-state index contributed by atoms with van der Waals surface area (Å²) in [4.78, 5) is 2.51. The lowest BCUT2D eigenvalue weighted by Gasteiger charge is -2.58.